The lowest BCUT2D eigenvalue weighted by Gasteiger charge is -2.08. The van der Waals surface area contributed by atoms with Crippen molar-refractivity contribution in [1.82, 2.24) is 9.97 Å². The minimum atomic E-state index is -0.645. The number of ether oxygens (including phenoxy) is 1. The lowest BCUT2D eigenvalue weighted by Crippen LogP contribution is -2.14. The third-order valence-electron chi connectivity index (χ3n) is 2.98. The van der Waals surface area contributed by atoms with E-state index in [1.165, 1.54) is 37.1 Å². The van der Waals surface area contributed by atoms with Crippen molar-refractivity contribution >= 4 is 29.3 Å². The van der Waals surface area contributed by atoms with Gasteiger partial charge in [-0.1, -0.05) is 11.8 Å². The number of aryl methyl sites for hydroxylation is 2. The molecule has 0 saturated carbocycles. The summed E-state index contributed by atoms with van der Waals surface area (Å²) in [5, 5.41) is 13.0. The highest BCUT2D eigenvalue weighted by Gasteiger charge is 2.13. The second kappa shape index (κ2) is 7.78. The number of rotatable bonds is 5. The van der Waals surface area contributed by atoms with Crippen molar-refractivity contribution in [1.29, 1.82) is 0 Å². The maximum Gasteiger partial charge on any atom is 0.341 e. The van der Waals surface area contributed by atoms with Crippen molar-refractivity contribution in [3.63, 3.8) is 0 Å². The molecule has 1 aromatic heterocycles. The zero-order valence-electron chi connectivity index (χ0n) is 13.5. The van der Waals surface area contributed by atoms with Crippen LogP contribution in [0.15, 0.2) is 29.4 Å². The van der Waals surface area contributed by atoms with Crippen LogP contribution < -0.4 is 5.32 Å². The normalized spacial score (nSPS) is 10.3. The Balaban J connectivity index is 1.97. The largest absolute Gasteiger partial charge is 0.507 e. The summed E-state index contributed by atoms with van der Waals surface area (Å²) < 4.78 is 4.54. The van der Waals surface area contributed by atoms with Gasteiger partial charge < -0.3 is 15.2 Å². The van der Waals surface area contributed by atoms with Crippen molar-refractivity contribution in [2.24, 2.45) is 0 Å². The monoisotopic (exact) mass is 347 g/mol. The SMILES string of the molecule is COC(=O)c1ccc(NC(=O)CSc2nc(C)cc(C)n2)cc1O. The molecule has 2 aromatic rings. The summed E-state index contributed by atoms with van der Waals surface area (Å²) in [5.74, 6) is -1.05. The molecule has 0 saturated heterocycles. The van der Waals surface area contributed by atoms with Crippen LogP contribution in [-0.2, 0) is 9.53 Å². The number of aromatic hydroxyl groups is 1. The van der Waals surface area contributed by atoms with E-state index in [-0.39, 0.29) is 23.0 Å². The van der Waals surface area contributed by atoms with Crippen molar-refractivity contribution in [2.45, 2.75) is 19.0 Å². The van der Waals surface area contributed by atoms with Crippen molar-refractivity contribution in [3.05, 3.63) is 41.2 Å². The summed E-state index contributed by atoms with van der Waals surface area (Å²) in [6.45, 7) is 3.73. The van der Waals surface area contributed by atoms with Crippen LogP contribution in [0.25, 0.3) is 0 Å². The molecule has 2 N–H and O–H groups in total. The first kappa shape index (κ1) is 17.7. The van der Waals surface area contributed by atoms with Crippen LogP contribution in [0.4, 0.5) is 5.69 Å². The summed E-state index contributed by atoms with van der Waals surface area (Å²) in [5.41, 5.74) is 2.10. The maximum atomic E-state index is 12.0. The van der Waals surface area contributed by atoms with Gasteiger partial charge in [-0.25, -0.2) is 14.8 Å². The number of phenolic OH excluding ortho intramolecular Hbond substituents is 1. The molecule has 126 valence electrons. The van der Waals surface area contributed by atoms with Gasteiger partial charge in [0.1, 0.15) is 11.3 Å². The van der Waals surface area contributed by atoms with Crippen LogP contribution in [0.1, 0.15) is 21.7 Å². The fraction of sp³-hybridized carbons (Fsp3) is 0.250. The maximum absolute atomic E-state index is 12.0. The van der Waals surface area contributed by atoms with Gasteiger partial charge in [-0.15, -0.1) is 0 Å². The average Bonchev–Trinajstić information content (AvgIpc) is 2.51. The molecule has 1 aromatic carbocycles. The van der Waals surface area contributed by atoms with Crippen molar-refractivity contribution < 1.29 is 19.4 Å². The number of thioether (sulfide) groups is 1. The molecule has 24 heavy (non-hydrogen) atoms. The number of methoxy groups -OCH3 is 1. The van der Waals surface area contributed by atoms with Gasteiger partial charge in [0.05, 0.1) is 12.9 Å². The van der Waals surface area contributed by atoms with Gasteiger partial charge in [-0.2, -0.15) is 0 Å². The molecule has 7 nitrogen and oxygen atoms in total. The molecule has 0 aliphatic rings. The topological polar surface area (TPSA) is 101 Å². The van der Waals surface area contributed by atoms with Gasteiger partial charge in [-0.05, 0) is 32.0 Å². The first-order valence-electron chi connectivity index (χ1n) is 7.05. The molecular formula is C16H17N3O4S. The number of anilines is 1. The van der Waals surface area contributed by atoms with Crippen LogP contribution in [0.2, 0.25) is 0 Å². The third kappa shape index (κ3) is 4.69. The Hall–Kier alpha value is -2.61. The average molecular weight is 347 g/mol. The Labute approximate surface area is 143 Å². The number of esters is 1. The summed E-state index contributed by atoms with van der Waals surface area (Å²) >= 11 is 1.22. The molecular weight excluding hydrogens is 330 g/mol. The zero-order valence-corrected chi connectivity index (χ0v) is 14.3. The third-order valence-corrected chi connectivity index (χ3v) is 3.83. The second-order valence-corrected chi connectivity index (χ2v) is 5.94. The Bertz CT molecular complexity index is 760. The van der Waals surface area contributed by atoms with Gasteiger partial charge in [0, 0.05) is 23.1 Å². The number of carbonyl (C=O) groups excluding carboxylic acids is 2. The Morgan fingerprint density at radius 1 is 1.21 bits per heavy atom. The highest BCUT2D eigenvalue weighted by Crippen LogP contribution is 2.23. The Kier molecular flexibility index (Phi) is 5.75. The van der Waals surface area contributed by atoms with E-state index in [0.29, 0.717) is 10.8 Å². The highest BCUT2D eigenvalue weighted by atomic mass is 32.2. The molecule has 0 aliphatic carbocycles. The number of carbonyl (C=O) groups is 2. The van der Waals surface area contributed by atoms with E-state index in [4.69, 9.17) is 0 Å². The molecule has 8 heteroatoms. The second-order valence-electron chi connectivity index (χ2n) is 4.99. The fourth-order valence-electron chi connectivity index (χ4n) is 1.98. The summed E-state index contributed by atoms with van der Waals surface area (Å²) in [6, 6.07) is 6.05. The molecule has 0 bridgehead atoms. The Morgan fingerprint density at radius 3 is 2.46 bits per heavy atom. The molecule has 0 spiro atoms. The molecule has 0 unspecified atom stereocenters. The predicted molar refractivity (Wildman–Crippen MR) is 90.3 cm³/mol. The molecule has 0 radical (unpaired) electrons. The predicted octanol–water partition coefficient (Wildman–Crippen LogP) is 2.32. The minimum absolute atomic E-state index is 0.0357. The standard InChI is InChI=1S/C16H17N3O4S/c1-9-6-10(2)18-16(17-9)24-8-14(21)19-11-4-5-12(13(20)7-11)15(22)23-3/h4-7,20H,8H2,1-3H3,(H,19,21). The van der Waals surface area contributed by atoms with E-state index in [1.807, 2.05) is 19.9 Å². The minimum Gasteiger partial charge on any atom is -0.507 e. The molecule has 1 amide bonds. The number of nitrogens with one attached hydrogen (secondary N) is 1. The number of hydrogen-bond acceptors (Lipinski definition) is 7. The van der Waals surface area contributed by atoms with E-state index >= 15 is 0 Å². The number of aromatic nitrogens is 2. The van der Waals surface area contributed by atoms with E-state index in [1.54, 1.807) is 0 Å². The molecule has 2 rings (SSSR count). The molecule has 0 fully saturated rings. The van der Waals surface area contributed by atoms with Crippen LogP contribution in [0.3, 0.4) is 0 Å². The number of amides is 1. The fourth-order valence-corrected chi connectivity index (χ4v) is 2.73. The van der Waals surface area contributed by atoms with Crippen LogP contribution >= 0.6 is 11.8 Å². The van der Waals surface area contributed by atoms with E-state index in [0.717, 1.165) is 11.4 Å². The lowest BCUT2D eigenvalue weighted by atomic mass is 10.2. The first-order chi connectivity index (χ1) is 11.4. The number of benzene rings is 1. The van der Waals surface area contributed by atoms with Crippen LogP contribution in [0.5, 0.6) is 5.75 Å². The van der Waals surface area contributed by atoms with Gasteiger partial charge in [0.15, 0.2) is 5.16 Å². The van der Waals surface area contributed by atoms with Crippen LogP contribution in [-0.4, -0.2) is 39.8 Å². The van der Waals surface area contributed by atoms with Gasteiger partial charge in [-0.3, -0.25) is 4.79 Å². The van der Waals surface area contributed by atoms with Gasteiger partial charge >= 0.3 is 5.97 Å². The smallest absolute Gasteiger partial charge is 0.341 e. The van der Waals surface area contributed by atoms with E-state index in [2.05, 4.69) is 20.0 Å². The van der Waals surface area contributed by atoms with Crippen molar-refractivity contribution in [3.8, 4) is 5.75 Å². The summed E-state index contributed by atoms with van der Waals surface area (Å²) in [6.07, 6.45) is 0. The number of phenols is 1. The first-order valence-corrected chi connectivity index (χ1v) is 8.04. The summed E-state index contributed by atoms with van der Waals surface area (Å²) in [4.78, 5) is 31.9. The zero-order chi connectivity index (χ0) is 17.7. The molecule has 1 heterocycles. The molecule has 0 atom stereocenters. The van der Waals surface area contributed by atoms with E-state index in [9.17, 15) is 14.7 Å². The van der Waals surface area contributed by atoms with Gasteiger partial charge in [0.2, 0.25) is 5.91 Å². The highest BCUT2D eigenvalue weighted by molar-refractivity contribution is 7.99. The Morgan fingerprint density at radius 2 is 1.88 bits per heavy atom. The number of hydrogen-bond donors (Lipinski definition) is 2. The van der Waals surface area contributed by atoms with Gasteiger partial charge in [0.25, 0.3) is 0 Å². The summed E-state index contributed by atoms with van der Waals surface area (Å²) in [7, 11) is 1.23. The molecule has 0 aliphatic heterocycles. The lowest BCUT2D eigenvalue weighted by molar-refractivity contribution is -0.113. The van der Waals surface area contributed by atoms with E-state index < -0.39 is 5.97 Å². The quantitative estimate of drug-likeness (QED) is 0.486. The van der Waals surface area contributed by atoms with Crippen LogP contribution in [0, 0.1) is 13.8 Å². The number of nitrogens with zero attached hydrogens (tertiary/aromatic N) is 2. The van der Waals surface area contributed by atoms with Crippen molar-refractivity contribution in [2.75, 3.05) is 18.2 Å².